The van der Waals surface area contributed by atoms with E-state index in [1.165, 1.54) is 5.56 Å². The monoisotopic (exact) mass is 699 g/mol. The zero-order chi connectivity index (χ0) is 36.1. The predicted molar refractivity (Wildman–Crippen MR) is 219 cm³/mol. The fraction of sp³-hybridized carbons (Fsp3) is 0.0833. The highest BCUT2D eigenvalue weighted by atomic mass is 19.1. The van der Waals surface area contributed by atoms with Crippen molar-refractivity contribution in [2.24, 2.45) is 0 Å². The summed E-state index contributed by atoms with van der Waals surface area (Å²) in [5, 5.41) is 5.01. The summed E-state index contributed by atoms with van der Waals surface area (Å²) in [6.45, 7) is 4.59. The highest BCUT2D eigenvalue weighted by Gasteiger charge is 2.41. The maximum absolute atomic E-state index is 18.2. The lowest BCUT2D eigenvalue weighted by molar-refractivity contribution is 0.405. The van der Waals surface area contributed by atoms with Gasteiger partial charge in [0, 0.05) is 62.4 Å². The van der Waals surface area contributed by atoms with E-state index in [9.17, 15) is 0 Å². The quantitative estimate of drug-likeness (QED) is 0.172. The molecule has 11 rings (SSSR count). The van der Waals surface area contributed by atoms with Gasteiger partial charge in [0.25, 0.3) is 0 Å². The number of halogens is 1. The van der Waals surface area contributed by atoms with Gasteiger partial charge in [-0.25, -0.2) is 14.4 Å². The summed E-state index contributed by atoms with van der Waals surface area (Å²) in [5.74, 6) is 0.782. The van der Waals surface area contributed by atoms with E-state index in [4.69, 9.17) is 9.97 Å². The first-order valence-corrected chi connectivity index (χ1v) is 18.4. The third kappa shape index (κ3) is 4.19. The average molecular weight is 700 g/mol. The Balaban J connectivity index is 1.28. The van der Waals surface area contributed by atoms with Crippen molar-refractivity contribution >= 4 is 66.3 Å². The number of hydrogen-bond donors (Lipinski definition) is 0. The largest absolute Gasteiger partial charge is 0.309 e. The van der Waals surface area contributed by atoms with Crippen LogP contribution in [0.25, 0.3) is 54.8 Å². The van der Waals surface area contributed by atoms with Gasteiger partial charge in [-0.3, -0.25) is 9.30 Å². The summed E-state index contributed by atoms with van der Waals surface area (Å²) in [7, 11) is 0. The fourth-order valence-electron chi connectivity index (χ4n) is 9.14. The predicted octanol–water partition coefficient (Wildman–Crippen LogP) is 12.3. The summed E-state index contributed by atoms with van der Waals surface area (Å²) in [5.41, 5.74) is 9.97. The lowest BCUT2D eigenvalue weighted by atomic mass is 9.72. The van der Waals surface area contributed by atoms with E-state index in [-0.39, 0.29) is 0 Å². The molecule has 4 aromatic heterocycles. The Labute approximate surface area is 311 Å². The molecule has 6 aromatic carbocycles. The van der Waals surface area contributed by atoms with Crippen molar-refractivity contribution < 1.29 is 4.39 Å². The molecular weight excluding hydrogens is 666 g/mol. The Morgan fingerprint density at radius 2 is 1.35 bits per heavy atom. The molecule has 54 heavy (non-hydrogen) atoms. The minimum atomic E-state index is -1.45. The van der Waals surface area contributed by atoms with Gasteiger partial charge in [0.1, 0.15) is 11.5 Å². The molecule has 6 heteroatoms. The molecule has 10 aromatic rings. The average Bonchev–Trinajstić information content (AvgIpc) is 3.85. The van der Waals surface area contributed by atoms with Crippen LogP contribution in [-0.2, 0) is 5.41 Å². The van der Waals surface area contributed by atoms with Crippen LogP contribution in [0.2, 0.25) is 0 Å². The van der Waals surface area contributed by atoms with Gasteiger partial charge >= 0.3 is 0 Å². The van der Waals surface area contributed by atoms with E-state index in [1.54, 1.807) is 0 Å². The topological polar surface area (TPSA) is 38.4 Å². The number of benzene rings is 6. The van der Waals surface area contributed by atoms with Gasteiger partial charge < -0.3 is 4.57 Å². The van der Waals surface area contributed by atoms with Crippen molar-refractivity contribution in [2.45, 2.75) is 25.4 Å². The van der Waals surface area contributed by atoms with E-state index >= 15 is 4.39 Å². The van der Waals surface area contributed by atoms with Crippen molar-refractivity contribution in [1.82, 2.24) is 18.9 Å². The van der Waals surface area contributed by atoms with Crippen molar-refractivity contribution in [2.75, 3.05) is 4.90 Å². The van der Waals surface area contributed by atoms with Crippen LogP contribution in [-0.4, -0.2) is 18.9 Å². The summed E-state index contributed by atoms with van der Waals surface area (Å²) in [6, 6.07) is 49.9. The van der Waals surface area contributed by atoms with Crippen LogP contribution in [0.1, 0.15) is 42.3 Å². The van der Waals surface area contributed by atoms with Crippen molar-refractivity contribution in [3.05, 3.63) is 186 Å². The minimum absolute atomic E-state index is 0.447. The molecule has 0 spiro atoms. The third-order valence-electron chi connectivity index (χ3n) is 11.5. The fourth-order valence-corrected chi connectivity index (χ4v) is 9.14. The summed E-state index contributed by atoms with van der Waals surface area (Å²) >= 11 is 0. The molecule has 0 N–H and O–H groups in total. The molecule has 5 heterocycles. The molecule has 258 valence electrons. The Morgan fingerprint density at radius 3 is 2.19 bits per heavy atom. The molecule has 1 aliphatic rings. The molecular formula is C48H34FN5. The molecule has 0 radical (unpaired) electrons. The van der Waals surface area contributed by atoms with Crippen LogP contribution in [0, 0.1) is 0 Å². The van der Waals surface area contributed by atoms with Gasteiger partial charge in [0.05, 0.1) is 27.9 Å². The van der Waals surface area contributed by atoms with Gasteiger partial charge in [0.15, 0.2) is 6.17 Å². The van der Waals surface area contributed by atoms with Crippen LogP contribution < -0.4 is 4.90 Å². The van der Waals surface area contributed by atoms with Crippen LogP contribution in [0.5, 0.6) is 0 Å². The standard InChI is InChI=1S/C48H34FN5/c1-48(2)37-18-8-11-21-40(37)54(42-22-12-13-25-50-42)41-29-36(43-34-17-7-10-20-39(34)53(46(43)44(41)48)31-14-4-3-5-15-31)45(49)30-23-24-32-33-16-6-9-19-38(33)52-27-26-51-47(52)35(32)28-30/h3-29,45H,1-2H3. The number of imidazole rings is 1. The number of hydrogen-bond acceptors (Lipinski definition) is 3. The number of rotatable bonds is 4. The molecule has 5 nitrogen and oxygen atoms in total. The van der Waals surface area contributed by atoms with E-state index in [2.05, 4.69) is 131 Å². The van der Waals surface area contributed by atoms with E-state index < -0.39 is 11.6 Å². The summed E-state index contributed by atoms with van der Waals surface area (Å²) in [6.07, 6.45) is 4.17. The number of fused-ring (bicyclic) bond motifs is 12. The molecule has 1 atom stereocenters. The number of anilines is 3. The highest BCUT2D eigenvalue weighted by molar-refractivity contribution is 6.15. The molecule has 0 saturated heterocycles. The van der Waals surface area contributed by atoms with Crippen LogP contribution in [0.4, 0.5) is 21.6 Å². The first-order valence-electron chi connectivity index (χ1n) is 18.4. The SMILES string of the molecule is CC1(C)c2ccccc2N(c2ccccn2)c2cc(C(F)c3ccc4c5ccccc5n5ccnc5c4c3)c3c4ccccc4n(-c4ccccc4)c3c21. The zero-order valence-corrected chi connectivity index (χ0v) is 29.8. The van der Waals surface area contributed by atoms with Gasteiger partial charge in [-0.2, -0.15) is 0 Å². The number of aromatic nitrogens is 4. The number of alkyl halides is 1. The molecule has 0 amide bonds. The second-order valence-electron chi connectivity index (χ2n) is 14.7. The Kier molecular flexibility index (Phi) is 6.48. The lowest BCUT2D eigenvalue weighted by Crippen LogP contribution is -2.32. The van der Waals surface area contributed by atoms with Crippen molar-refractivity contribution in [3.63, 3.8) is 0 Å². The zero-order valence-electron chi connectivity index (χ0n) is 29.8. The third-order valence-corrected chi connectivity index (χ3v) is 11.5. The van der Waals surface area contributed by atoms with Crippen LogP contribution in [0.3, 0.4) is 0 Å². The maximum Gasteiger partial charge on any atom is 0.151 e. The van der Waals surface area contributed by atoms with Gasteiger partial charge in [-0.15, -0.1) is 0 Å². The first-order chi connectivity index (χ1) is 26.5. The van der Waals surface area contributed by atoms with Gasteiger partial charge in [-0.05, 0) is 71.1 Å². The summed E-state index contributed by atoms with van der Waals surface area (Å²) < 4.78 is 22.7. The van der Waals surface area contributed by atoms with E-state index in [0.29, 0.717) is 11.1 Å². The lowest BCUT2D eigenvalue weighted by Gasteiger charge is -2.42. The van der Waals surface area contributed by atoms with Crippen molar-refractivity contribution in [3.8, 4) is 5.69 Å². The van der Waals surface area contributed by atoms with E-state index in [1.807, 2.05) is 61.1 Å². The molecule has 0 saturated carbocycles. The van der Waals surface area contributed by atoms with Gasteiger partial charge in [0.2, 0.25) is 0 Å². The van der Waals surface area contributed by atoms with Crippen LogP contribution >= 0.6 is 0 Å². The Morgan fingerprint density at radius 1 is 0.611 bits per heavy atom. The Hall–Kier alpha value is -6.79. The Bertz CT molecular complexity index is 3110. The van der Waals surface area contributed by atoms with Gasteiger partial charge in [-0.1, -0.05) is 105 Å². The summed E-state index contributed by atoms with van der Waals surface area (Å²) in [4.78, 5) is 11.9. The van der Waals surface area contributed by atoms with E-state index in [0.717, 1.165) is 77.6 Å². The maximum atomic E-state index is 18.2. The first kappa shape index (κ1) is 30.8. The number of para-hydroxylation sites is 4. The smallest absolute Gasteiger partial charge is 0.151 e. The highest BCUT2D eigenvalue weighted by Crippen LogP contribution is 2.56. The van der Waals surface area contributed by atoms with Crippen molar-refractivity contribution in [1.29, 1.82) is 0 Å². The molecule has 0 bridgehead atoms. The normalized spacial score (nSPS) is 14.2. The molecule has 1 unspecified atom stereocenters. The second-order valence-corrected chi connectivity index (χ2v) is 14.7. The number of nitrogens with zero attached hydrogens (tertiary/aromatic N) is 5. The minimum Gasteiger partial charge on any atom is -0.309 e. The molecule has 1 aliphatic heterocycles. The van der Waals surface area contributed by atoms with Crippen LogP contribution in [0.15, 0.2) is 164 Å². The second kappa shape index (κ2) is 11.4. The molecule has 0 aliphatic carbocycles. The molecule has 0 fully saturated rings. The number of pyridine rings is 2.